The molecule has 5 rings (SSSR count). The minimum absolute atomic E-state index is 0.0955. The zero-order valence-electron chi connectivity index (χ0n) is 17.1. The van der Waals surface area contributed by atoms with Crippen LogP contribution in [0.5, 0.6) is 0 Å². The number of carbonyl (C=O) groups is 3. The predicted octanol–water partition coefficient (Wildman–Crippen LogP) is 0.968. The second kappa shape index (κ2) is 7.36. The van der Waals surface area contributed by atoms with Gasteiger partial charge in [-0.2, -0.15) is 0 Å². The van der Waals surface area contributed by atoms with E-state index in [4.69, 9.17) is 4.74 Å². The molecule has 0 aliphatic carbocycles. The zero-order chi connectivity index (χ0) is 22.6. The molecular weight excluding hydrogens is 437 g/mol. The lowest BCUT2D eigenvalue weighted by molar-refractivity contribution is -0.153. The number of rotatable bonds is 0. The number of nitrogens with one attached hydrogen (secondary N) is 2. The van der Waals surface area contributed by atoms with Crippen molar-refractivity contribution in [2.24, 2.45) is 5.41 Å². The molecule has 3 aliphatic heterocycles. The van der Waals surface area contributed by atoms with Gasteiger partial charge in [-0.15, -0.1) is 10.2 Å². The van der Waals surface area contributed by atoms with E-state index in [1.165, 1.54) is 17.4 Å². The third-order valence-electron chi connectivity index (χ3n) is 6.02. The fraction of sp³-hybridized carbons (Fsp3) is 0.381. The fourth-order valence-electron chi connectivity index (χ4n) is 4.96. The van der Waals surface area contributed by atoms with Crippen molar-refractivity contribution in [3.05, 3.63) is 39.6 Å². The zero-order valence-corrected chi connectivity index (χ0v) is 18.0. The van der Waals surface area contributed by atoms with E-state index >= 15 is 4.39 Å². The highest BCUT2D eigenvalue weighted by Crippen LogP contribution is 2.47. The van der Waals surface area contributed by atoms with Crippen LogP contribution in [-0.2, 0) is 20.7 Å². The Morgan fingerprint density at radius 3 is 2.66 bits per heavy atom. The average Bonchev–Trinajstić information content (AvgIpc) is 3.23. The third-order valence-corrected chi connectivity index (χ3v) is 6.63. The van der Waals surface area contributed by atoms with Crippen molar-refractivity contribution >= 4 is 34.9 Å². The van der Waals surface area contributed by atoms with Crippen molar-refractivity contribution in [3.63, 3.8) is 0 Å². The molecule has 0 bridgehead atoms. The SMILES string of the molecule is C[C@@H]1CN2c3c(F)cc(C#Cc4nncs4)cc3CC3(C(=O)NC(=O)NC3=O)[C@H]2[C@H](C)O1. The summed E-state index contributed by atoms with van der Waals surface area (Å²) in [7, 11) is 0. The Morgan fingerprint density at radius 2 is 1.97 bits per heavy atom. The number of amides is 4. The summed E-state index contributed by atoms with van der Waals surface area (Å²) in [5.41, 5.74) is 1.06. The van der Waals surface area contributed by atoms with E-state index in [0.29, 0.717) is 21.8 Å². The molecule has 4 amide bonds. The van der Waals surface area contributed by atoms with Crippen LogP contribution in [0.1, 0.15) is 30.0 Å². The van der Waals surface area contributed by atoms with Crippen molar-refractivity contribution in [2.75, 3.05) is 11.4 Å². The lowest BCUT2D eigenvalue weighted by Gasteiger charge is -2.55. The average molecular weight is 455 g/mol. The number of morpholine rings is 1. The number of fused-ring (bicyclic) bond motifs is 4. The van der Waals surface area contributed by atoms with Crippen molar-refractivity contribution in [3.8, 4) is 11.8 Å². The lowest BCUT2D eigenvalue weighted by Crippen LogP contribution is -2.75. The predicted molar refractivity (Wildman–Crippen MR) is 111 cm³/mol. The summed E-state index contributed by atoms with van der Waals surface area (Å²) in [5.74, 6) is 3.76. The molecule has 164 valence electrons. The van der Waals surface area contributed by atoms with Gasteiger partial charge >= 0.3 is 6.03 Å². The summed E-state index contributed by atoms with van der Waals surface area (Å²) >= 11 is 1.26. The van der Waals surface area contributed by atoms with E-state index in [2.05, 4.69) is 32.7 Å². The Kier molecular flexibility index (Phi) is 4.72. The second-order valence-electron chi connectivity index (χ2n) is 8.09. The Morgan fingerprint density at radius 1 is 1.22 bits per heavy atom. The summed E-state index contributed by atoms with van der Waals surface area (Å²) < 4.78 is 21.3. The number of hydrogen-bond donors (Lipinski definition) is 2. The van der Waals surface area contributed by atoms with E-state index in [-0.39, 0.29) is 19.1 Å². The van der Waals surface area contributed by atoms with Gasteiger partial charge in [0.1, 0.15) is 11.3 Å². The van der Waals surface area contributed by atoms with E-state index < -0.39 is 41.2 Å². The molecule has 2 N–H and O–H groups in total. The maximum atomic E-state index is 15.4. The van der Waals surface area contributed by atoms with Crippen LogP contribution in [0.2, 0.25) is 0 Å². The Hall–Kier alpha value is -3.36. The molecular formula is C21H18FN5O4S. The van der Waals surface area contributed by atoms with Crippen LogP contribution < -0.4 is 15.5 Å². The molecule has 4 heterocycles. The van der Waals surface area contributed by atoms with Crippen LogP contribution >= 0.6 is 11.3 Å². The Labute approximate surface area is 186 Å². The maximum absolute atomic E-state index is 15.4. The van der Waals surface area contributed by atoms with Crippen molar-refractivity contribution < 1.29 is 23.5 Å². The van der Waals surface area contributed by atoms with Gasteiger partial charge in [0.2, 0.25) is 11.8 Å². The summed E-state index contributed by atoms with van der Waals surface area (Å²) in [6, 6.07) is 1.35. The van der Waals surface area contributed by atoms with Gasteiger partial charge in [-0.05, 0) is 37.5 Å². The lowest BCUT2D eigenvalue weighted by atomic mass is 9.66. The van der Waals surface area contributed by atoms with Gasteiger partial charge in [0.05, 0.1) is 23.9 Å². The monoisotopic (exact) mass is 455 g/mol. The van der Waals surface area contributed by atoms with E-state index in [9.17, 15) is 14.4 Å². The molecule has 9 nitrogen and oxygen atoms in total. The normalized spacial score (nSPS) is 25.9. The maximum Gasteiger partial charge on any atom is 0.328 e. The third kappa shape index (κ3) is 3.06. The summed E-state index contributed by atoms with van der Waals surface area (Å²) in [6.07, 6.45) is -0.911. The minimum Gasteiger partial charge on any atom is -0.372 e. The number of imide groups is 2. The van der Waals surface area contributed by atoms with Crippen molar-refractivity contribution in [1.29, 1.82) is 0 Å². The smallest absolute Gasteiger partial charge is 0.328 e. The van der Waals surface area contributed by atoms with Crippen LogP contribution in [0.4, 0.5) is 14.9 Å². The number of aromatic nitrogens is 2. The van der Waals surface area contributed by atoms with Gasteiger partial charge in [0.15, 0.2) is 10.4 Å². The van der Waals surface area contributed by atoms with E-state index in [1.807, 2.05) is 6.92 Å². The van der Waals surface area contributed by atoms with Crippen LogP contribution in [0.25, 0.3) is 0 Å². The molecule has 0 radical (unpaired) electrons. The number of urea groups is 1. The summed E-state index contributed by atoms with van der Waals surface area (Å²) in [4.78, 5) is 39.7. The fourth-order valence-corrected chi connectivity index (χ4v) is 5.36. The number of ether oxygens (including phenoxy) is 1. The number of anilines is 1. The first-order chi connectivity index (χ1) is 15.3. The number of benzene rings is 1. The summed E-state index contributed by atoms with van der Waals surface area (Å²) in [6.45, 7) is 3.87. The molecule has 2 aromatic rings. The van der Waals surface area contributed by atoms with Gasteiger partial charge in [-0.3, -0.25) is 20.2 Å². The second-order valence-corrected chi connectivity index (χ2v) is 8.93. The van der Waals surface area contributed by atoms with Crippen molar-refractivity contribution in [2.45, 2.75) is 38.5 Å². The number of nitrogens with zero attached hydrogens (tertiary/aromatic N) is 3. The quantitative estimate of drug-likeness (QED) is 0.450. The van der Waals surface area contributed by atoms with Crippen LogP contribution in [0, 0.1) is 23.1 Å². The molecule has 2 fully saturated rings. The van der Waals surface area contributed by atoms with Crippen LogP contribution in [0.15, 0.2) is 17.6 Å². The first kappa shape index (κ1) is 20.5. The highest BCUT2D eigenvalue weighted by Gasteiger charge is 2.63. The molecule has 2 saturated heterocycles. The molecule has 1 aromatic carbocycles. The molecule has 1 aromatic heterocycles. The van der Waals surface area contributed by atoms with Crippen LogP contribution in [0.3, 0.4) is 0 Å². The van der Waals surface area contributed by atoms with Gasteiger partial charge in [0, 0.05) is 18.5 Å². The Bertz CT molecular complexity index is 1180. The largest absolute Gasteiger partial charge is 0.372 e. The first-order valence-electron chi connectivity index (χ1n) is 9.99. The molecule has 11 heteroatoms. The number of carbonyl (C=O) groups excluding carboxylic acids is 3. The van der Waals surface area contributed by atoms with Gasteiger partial charge in [-0.25, -0.2) is 9.18 Å². The Balaban J connectivity index is 1.67. The molecule has 3 atom stereocenters. The number of barbiturate groups is 1. The molecule has 3 aliphatic rings. The highest BCUT2D eigenvalue weighted by molar-refractivity contribution is 7.09. The number of halogens is 1. The minimum atomic E-state index is -1.65. The standard InChI is InChI=1S/C21H18FN5O4S/c1-10-8-27-16-13(5-12(6-14(16)22)3-4-15-26-23-9-32-15)7-21(17(27)11(2)31-10)18(28)24-20(30)25-19(21)29/h5-6,9-11,17H,7-8H2,1-2H3,(H2,24,25,28,29,30)/t10-,11+,17-/m1/s1. The number of hydrogen-bond acceptors (Lipinski definition) is 8. The van der Waals surface area contributed by atoms with Gasteiger partial charge in [-0.1, -0.05) is 17.3 Å². The van der Waals surface area contributed by atoms with E-state index in [1.54, 1.807) is 23.4 Å². The van der Waals surface area contributed by atoms with Crippen LogP contribution in [-0.4, -0.2) is 52.8 Å². The summed E-state index contributed by atoms with van der Waals surface area (Å²) in [5, 5.41) is 12.5. The van der Waals surface area contributed by atoms with Gasteiger partial charge in [0.25, 0.3) is 0 Å². The highest BCUT2D eigenvalue weighted by atomic mass is 32.1. The first-order valence-corrected chi connectivity index (χ1v) is 10.9. The van der Waals surface area contributed by atoms with Crippen molar-refractivity contribution in [1.82, 2.24) is 20.8 Å². The molecule has 1 spiro atoms. The molecule has 0 saturated carbocycles. The molecule has 0 unspecified atom stereocenters. The van der Waals surface area contributed by atoms with Gasteiger partial charge < -0.3 is 9.64 Å². The molecule has 32 heavy (non-hydrogen) atoms. The topological polar surface area (TPSA) is 114 Å². The van der Waals surface area contributed by atoms with E-state index in [0.717, 1.165) is 0 Å².